The summed E-state index contributed by atoms with van der Waals surface area (Å²) < 4.78 is 16.2. The van der Waals surface area contributed by atoms with E-state index in [2.05, 4.69) is 38.2 Å². The number of benzene rings is 1. The molecule has 112 valence electrons. The van der Waals surface area contributed by atoms with Crippen molar-refractivity contribution in [3.63, 3.8) is 0 Å². The predicted octanol–water partition coefficient (Wildman–Crippen LogP) is 2.37. The van der Waals surface area contributed by atoms with Crippen LogP contribution in [0.1, 0.15) is 26.3 Å². The van der Waals surface area contributed by atoms with Crippen LogP contribution in [0.25, 0.3) is 0 Å². The molecule has 1 fully saturated rings. The summed E-state index contributed by atoms with van der Waals surface area (Å²) in [5.41, 5.74) is 1.40. The van der Waals surface area contributed by atoms with Gasteiger partial charge < -0.3 is 19.5 Å². The number of nitrogens with one attached hydrogen (secondary N) is 1. The average Bonchev–Trinajstić information content (AvgIpc) is 2.34. The lowest BCUT2D eigenvalue weighted by molar-refractivity contribution is -0.132. The maximum atomic E-state index is 5.64. The molecule has 0 unspecified atom stereocenters. The lowest BCUT2D eigenvalue weighted by Crippen LogP contribution is -2.37. The third kappa shape index (κ3) is 5.49. The molecule has 0 aromatic heterocycles. The SMILES string of the molecule is CC(C)(C)NCc1ccc(OCCOC2COC2)cc1. The van der Waals surface area contributed by atoms with Crippen molar-refractivity contribution in [1.29, 1.82) is 0 Å². The molecular formula is C16H25NO3. The van der Waals surface area contributed by atoms with Gasteiger partial charge in [-0.15, -0.1) is 0 Å². The Morgan fingerprint density at radius 2 is 1.85 bits per heavy atom. The first kappa shape index (κ1) is 15.3. The third-order valence-corrected chi connectivity index (χ3v) is 3.06. The first-order chi connectivity index (χ1) is 9.53. The molecule has 4 nitrogen and oxygen atoms in total. The molecule has 1 aliphatic heterocycles. The van der Waals surface area contributed by atoms with Crippen LogP contribution in [-0.2, 0) is 16.0 Å². The van der Waals surface area contributed by atoms with Gasteiger partial charge in [0.15, 0.2) is 0 Å². The van der Waals surface area contributed by atoms with E-state index in [1.54, 1.807) is 0 Å². The lowest BCUT2D eigenvalue weighted by atomic mass is 10.1. The van der Waals surface area contributed by atoms with Crippen LogP contribution < -0.4 is 10.1 Å². The second kappa shape index (κ2) is 7.07. The number of hydrogen-bond acceptors (Lipinski definition) is 4. The van der Waals surface area contributed by atoms with Crippen LogP contribution in [-0.4, -0.2) is 38.1 Å². The molecule has 0 amide bonds. The van der Waals surface area contributed by atoms with Crippen molar-refractivity contribution in [2.45, 2.75) is 39.0 Å². The lowest BCUT2D eigenvalue weighted by Gasteiger charge is -2.25. The van der Waals surface area contributed by atoms with Crippen molar-refractivity contribution >= 4 is 0 Å². The van der Waals surface area contributed by atoms with Gasteiger partial charge in [-0.3, -0.25) is 0 Å². The first-order valence-electron chi connectivity index (χ1n) is 7.19. The highest BCUT2D eigenvalue weighted by atomic mass is 16.6. The van der Waals surface area contributed by atoms with Crippen molar-refractivity contribution in [3.05, 3.63) is 29.8 Å². The zero-order valence-corrected chi connectivity index (χ0v) is 12.6. The molecule has 1 N–H and O–H groups in total. The molecule has 1 heterocycles. The molecule has 1 aliphatic rings. The second-order valence-electron chi connectivity index (χ2n) is 6.13. The molecule has 1 saturated heterocycles. The molecule has 0 aliphatic carbocycles. The fraction of sp³-hybridized carbons (Fsp3) is 0.625. The maximum absolute atomic E-state index is 5.64. The molecule has 4 heteroatoms. The zero-order chi connectivity index (χ0) is 14.4. The minimum atomic E-state index is 0.137. The minimum absolute atomic E-state index is 0.137. The quantitative estimate of drug-likeness (QED) is 0.778. The van der Waals surface area contributed by atoms with Gasteiger partial charge in [-0.2, -0.15) is 0 Å². The summed E-state index contributed by atoms with van der Waals surface area (Å²) in [6.07, 6.45) is 0.268. The molecule has 20 heavy (non-hydrogen) atoms. The fourth-order valence-corrected chi connectivity index (χ4v) is 1.76. The van der Waals surface area contributed by atoms with Gasteiger partial charge in [-0.1, -0.05) is 12.1 Å². The second-order valence-corrected chi connectivity index (χ2v) is 6.13. The summed E-state index contributed by atoms with van der Waals surface area (Å²) in [4.78, 5) is 0. The monoisotopic (exact) mass is 279 g/mol. The largest absolute Gasteiger partial charge is 0.491 e. The summed E-state index contributed by atoms with van der Waals surface area (Å²) in [7, 11) is 0. The van der Waals surface area contributed by atoms with E-state index < -0.39 is 0 Å². The topological polar surface area (TPSA) is 39.7 Å². The van der Waals surface area contributed by atoms with E-state index in [1.807, 2.05) is 12.1 Å². The van der Waals surface area contributed by atoms with Gasteiger partial charge >= 0.3 is 0 Å². The van der Waals surface area contributed by atoms with Gasteiger partial charge in [0.25, 0.3) is 0 Å². The maximum Gasteiger partial charge on any atom is 0.119 e. The van der Waals surface area contributed by atoms with Gasteiger partial charge in [-0.05, 0) is 38.5 Å². The van der Waals surface area contributed by atoms with E-state index in [1.165, 1.54) is 5.56 Å². The Bertz CT molecular complexity index is 393. The van der Waals surface area contributed by atoms with Crippen LogP contribution in [0.5, 0.6) is 5.75 Å². The van der Waals surface area contributed by atoms with Gasteiger partial charge in [0.1, 0.15) is 18.5 Å². The van der Waals surface area contributed by atoms with Crippen molar-refractivity contribution < 1.29 is 14.2 Å². The summed E-state index contributed by atoms with van der Waals surface area (Å²) in [5, 5.41) is 3.46. The Labute approximate surface area is 121 Å². The van der Waals surface area contributed by atoms with Crippen LogP contribution in [0.3, 0.4) is 0 Å². The van der Waals surface area contributed by atoms with Crippen LogP contribution in [0.2, 0.25) is 0 Å². The number of hydrogen-bond donors (Lipinski definition) is 1. The van der Waals surface area contributed by atoms with E-state index in [0.29, 0.717) is 13.2 Å². The minimum Gasteiger partial charge on any atom is -0.491 e. The highest BCUT2D eigenvalue weighted by Gasteiger charge is 2.18. The van der Waals surface area contributed by atoms with E-state index in [-0.39, 0.29) is 11.6 Å². The first-order valence-corrected chi connectivity index (χ1v) is 7.19. The van der Waals surface area contributed by atoms with E-state index >= 15 is 0 Å². The van der Waals surface area contributed by atoms with Gasteiger partial charge in [0.05, 0.1) is 19.8 Å². The molecule has 0 saturated carbocycles. The van der Waals surface area contributed by atoms with Crippen LogP contribution in [0, 0.1) is 0 Å². The highest BCUT2D eigenvalue weighted by molar-refractivity contribution is 5.27. The fourth-order valence-electron chi connectivity index (χ4n) is 1.76. The summed E-state index contributed by atoms with van der Waals surface area (Å²) >= 11 is 0. The van der Waals surface area contributed by atoms with E-state index in [4.69, 9.17) is 14.2 Å². The highest BCUT2D eigenvalue weighted by Crippen LogP contribution is 2.13. The van der Waals surface area contributed by atoms with Gasteiger partial charge in [0, 0.05) is 12.1 Å². The van der Waals surface area contributed by atoms with Gasteiger partial charge in [-0.25, -0.2) is 0 Å². The van der Waals surface area contributed by atoms with Crippen molar-refractivity contribution in [2.24, 2.45) is 0 Å². The molecule has 1 aromatic rings. The molecular weight excluding hydrogens is 254 g/mol. The van der Waals surface area contributed by atoms with Crippen molar-refractivity contribution in [2.75, 3.05) is 26.4 Å². The number of ether oxygens (including phenoxy) is 3. The smallest absolute Gasteiger partial charge is 0.119 e. The molecule has 1 aromatic carbocycles. The van der Waals surface area contributed by atoms with Gasteiger partial charge in [0.2, 0.25) is 0 Å². The normalized spacial score (nSPS) is 15.9. The van der Waals surface area contributed by atoms with Crippen molar-refractivity contribution in [3.8, 4) is 5.75 Å². The van der Waals surface area contributed by atoms with Crippen molar-refractivity contribution in [1.82, 2.24) is 5.32 Å². The molecule has 0 atom stereocenters. The molecule has 0 spiro atoms. The van der Waals surface area contributed by atoms with E-state index in [0.717, 1.165) is 25.5 Å². The Kier molecular flexibility index (Phi) is 5.40. The predicted molar refractivity (Wildman–Crippen MR) is 79.1 cm³/mol. The Morgan fingerprint density at radius 3 is 2.40 bits per heavy atom. The number of rotatable bonds is 7. The van der Waals surface area contributed by atoms with E-state index in [9.17, 15) is 0 Å². The standard InChI is InChI=1S/C16H25NO3/c1-16(2,3)17-10-13-4-6-14(7-5-13)19-8-9-20-15-11-18-12-15/h4-7,15,17H,8-12H2,1-3H3. The van der Waals surface area contributed by atoms with Crippen LogP contribution >= 0.6 is 0 Å². The summed E-state index contributed by atoms with van der Waals surface area (Å²) in [6.45, 7) is 9.99. The Balaban J connectivity index is 1.65. The summed E-state index contributed by atoms with van der Waals surface area (Å²) in [6, 6.07) is 8.20. The third-order valence-electron chi connectivity index (χ3n) is 3.06. The summed E-state index contributed by atoms with van der Waals surface area (Å²) in [5.74, 6) is 0.887. The Hall–Kier alpha value is -1.10. The molecule has 2 rings (SSSR count). The zero-order valence-electron chi connectivity index (χ0n) is 12.6. The molecule has 0 radical (unpaired) electrons. The van der Waals surface area contributed by atoms with Crippen LogP contribution in [0.15, 0.2) is 24.3 Å². The average molecular weight is 279 g/mol. The molecule has 0 bridgehead atoms. The van der Waals surface area contributed by atoms with Crippen LogP contribution in [0.4, 0.5) is 0 Å². The Morgan fingerprint density at radius 1 is 1.15 bits per heavy atom.